The van der Waals surface area contributed by atoms with E-state index < -0.39 is 5.82 Å². The molecule has 2 nitrogen and oxygen atoms in total. The van der Waals surface area contributed by atoms with Crippen LogP contribution in [0.15, 0.2) is 42.5 Å². The maximum absolute atomic E-state index is 12.9. The molecule has 2 aromatic rings. The number of thioether (sulfide) groups is 1. The summed E-state index contributed by atoms with van der Waals surface area (Å²) >= 11 is 7.32. The predicted octanol–water partition coefficient (Wildman–Crippen LogP) is 4.17. The van der Waals surface area contributed by atoms with Gasteiger partial charge < -0.3 is 5.32 Å². The number of carbonyl (C=O) groups is 1. The Kier molecular flexibility index (Phi) is 6.21. The summed E-state index contributed by atoms with van der Waals surface area (Å²) in [5.41, 5.74) is 1.63. The van der Waals surface area contributed by atoms with Crippen LogP contribution in [-0.2, 0) is 17.1 Å². The highest BCUT2D eigenvalue weighted by Gasteiger charge is 2.05. The van der Waals surface area contributed by atoms with Gasteiger partial charge in [0.25, 0.3) is 0 Å². The number of benzene rings is 2. The van der Waals surface area contributed by atoms with Crippen molar-refractivity contribution in [1.82, 2.24) is 5.32 Å². The second-order valence-electron chi connectivity index (χ2n) is 4.63. The molecule has 0 aromatic heterocycles. The van der Waals surface area contributed by atoms with E-state index in [0.29, 0.717) is 16.3 Å². The molecule has 0 atom stereocenters. The highest BCUT2D eigenvalue weighted by Crippen LogP contribution is 2.17. The molecule has 0 spiro atoms. The summed E-state index contributed by atoms with van der Waals surface area (Å²) in [6.07, 6.45) is 0. The van der Waals surface area contributed by atoms with Crippen LogP contribution in [0.5, 0.6) is 0 Å². The van der Waals surface area contributed by atoms with E-state index in [1.54, 1.807) is 18.2 Å². The molecule has 0 saturated heterocycles. The molecular weight excluding hydrogens is 328 g/mol. The van der Waals surface area contributed by atoms with Crippen molar-refractivity contribution >= 4 is 29.3 Å². The highest BCUT2D eigenvalue weighted by molar-refractivity contribution is 7.99. The molecule has 0 heterocycles. The minimum absolute atomic E-state index is 0.132. The van der Waals surface area contributed by atoms with Crippen LogP contribution in [0.4, 0.5) is 8.78 Å². The van der Waals surface area contributed by atoms with Crippen LogP contribution < -0.4 is 5.32 Å². The third kappa shape index (κ3) is 5.31. The second kappa shape index (κ2) is 8.15. The monoisotopic (exact) mass is 341 g/mol. The van der Waals surface area contributed by atoms with Gasteiger partial charge in [0.2, 0.25) is 5.91 Å². The number of halogens is 3. The van der Waals surface area contributed by atoms with Crippen molar-refractivity contribution in [2.45, 2.75) is 12.3 Å². The zero-order valence-electron chi connectivity index (χ0n) is 11.6. The number of hydrogen-bond donors (Lipinski definition) is 1. The van der Waals surface area contributed by atoms with Crippen molar-refractivity contribution in [2.24, 2.45) is 0 Å². The Labute approximate surface area is 136 Å². The lowest BCUT2D eigenvalue weighted by atomic mass is 10.2. The summed E-state index contributed by atoms with van der Waals surface area (Å²) in [7, 11) is 0. The molecule has 0 aliphatic carbocycles. The summed E-state index contributed by atoms with van der Waals surface area (Å²) < 4.78 is 25.7. The zero-order chi connectivity index (χ0) is 15.9. The van der Waals surface area contributed by atoms with Gasteiger partial charge in [-0.25, -0.2) is 8.78 Å². The molecule has 2 aromatic carbocycles. The van der Waals surface area contributed by atoms with Gasteiger partial charge in [-0.1, -0.05) is 29.8 Å². The SMILES string of the molecule is O=C(CSCc1ccc(F)cc1)NCc1ccc(F)cc1Cl. The molecule has 0 saturated carbocycles. The van der Waals surface area contributed by atoms with Crippen molar-refractivity contribution < 1.29 is 13.6 Å². The van der Waals surface area contributed by atoms with Crippen LogP contribution in [0, 0.1) is 11.6 Å². The molecule has 2 rings (SSSR count). The molecule has 116 valence electrons. The molecule has 0 unspecified atom stereocenters. The normalized spacial score (nSPS) is 10.5. The standard InChI is InChI=1S/C16H14ClF2NOS/c17-15-7-14(19)6-3-12(15)8-20-16(21)10-22-9-11-1-4-13(18)5-2-11/h1-7H,8-10H2,(H,20,21). The van der Waals surface area contributed by atoms with Crippen LogP contribution >= 0.6 is 23.4 Å². The van der Waals surface area contributed by atoms with E-state index in [2.05, 4.69) is 5.32 Å². The first-order valence-electron chi connectivity index (χ1n) is 6.57. The van der Waals surface area contributed by atoms with Crippen LogP contribution in [0.2, 0.25) is 5.02 Å². The quantitative estimate of drug-likeness (QED) is 0.854. The van der Waals surface area contributed by atoms with Crippen LogP contribution in [-0.4, -0.2) is 11.7 Å². The number of nitrogens with one attached hydrogen (secondary N) is 1. The van der Waals surface area contributed by atoms with Gasteiger partial charge in [0.1, 0.15) is 11.6 Å². The summed E-state index contributed by atoms with van der Waals surface area (Å²) in [5, 5.41) is 3.02. The maximum Gasteiger partial charge on any atom is 0.230 e. The largest absolute Gasteiger partial charge is 0.351 e. The Morgan fingerprint density at radius 1 is 1.09 bits per heavy atom. The van der Waals surface area contributed by atoms with Gasteiger partial charge in [-0.3, -0.25) is 4.79 Å². The molecule has 22 heavy (non-hydrogen) atoms. The molecular formula is C16H14ClF2NOS. The Hall–Kier alpha value is -1.59. The van der Waals surface area contributed by atoms with Gasteiger partial charge in [-0.15, -0.1) is 11.8 Å². The molecule has 0 bridgehead atoms. The average molecular weight is 342 g/mol. The minimum Gasteiger partial charge on any atom is -0.351 e. The fourth-order valence-electron chi connectivity index (χ4n) is 1.75. The average Bonchev–Trinajstić information content (AvgIpc) is 2.48. The van der Waals surface area contributed by atoms with Gasteiger partial charge >= 0.3 is 0 Å². The number of carbonyl (C=O) groups excluding carboxylic acids is 1. The Balaban J connectivity index is 1.72. The van der Waals surface area contributed by atoms with Crippen LogP contribution in [0.1, 0.15) is 11.1 Å². The molecule has 1 amide bonds. The molecule has 0 fully saturated rings. The first-order valence-corrected chi connectivity index (χ1v) is 8.10. The smallest absolute Gasteiger partial charge is 0.230 e. The number of hydrogen-bond acceptors (Lipinski definition) is 2. The lowest BCUT2D eigenvalue weighted by Gasteiger charge is -2.07. The Morgan fingerprint density at radius 3 is 2.45 bits per heavy atom. The molecule has 1 N–H and O–H groups in total. The Morgan fingerprint density at radius 2 is 1.77 bits per heavy atom. The van der Waals surface area contributed by atoms with Gasteiger partial charge in [0.15, 0.2) is 0 Å². The first-order chi connectivity index (χ1) is 10.5. The summed E-state index contributed by atoms with van der Waals surface area (Å²) in [6.45, 7) is 0.259. The van der Waals surface area contributed by atoms with E-state index in [4.69, 9.17) is 11.6 Å². The van der Waals surface area contributed by atoms with E-state index in [1.165, 1.54) is 36.0 Å². The fourth-order valence-corrected chi connectivity index (χ4v) is 2.80. The minimum atomic E-state index is -0.407. The van der Waals surface area contributed by atoms with E-state index in [1.807, 2.05) is 0 Å². The van der Waals surface area contributed by atoms with Crippen molar-refractivity contribution in [3.63, 3.8) is 0 Å². The van der Waals surface area contributed by atoms with E-state index in [9.17, 15) is 13.6 Å². The summed E-state index contributed by atoms with van der Waals surface area (Å²) in [5.74, 6) is 0.103. The number of rotatable bonds is 6. The van der Waals surface area contributed by atoms with Gasteiger partial charge in [-0.05, 0) is 35.4 Å². The molecule has 0 aliphatic heterocycles. The fraction of sp³-hybridized carbons (Fsp3) is 0.188. The van der Waals surface area contributed by atoms with Crippen molar-refractivity contribution in [2.75, 3.05) is 5.75 Å². The van der Waals surface area contributed by atoms with E-state index >= 15 is 0 Å². The lowest BCUT2D eigenvalue weighted by Crippen LogP contribution is -2.24. The van der Waals surface area contributed by atoms with Crippen molar-refractivity contribution in [1.29, 1.82) is 0 Å². The lowest BCUT2D eigenvalue weighted by molar-refractivity contribution is -0.118. The molecule has 0 radical (unpaired) electrons. The van der Waals surface area contributed by atoms with Gasteiger partial charge in [0.05, 0.1) is 5.75 Å². The summed E-state index contributed by atoms with van der Waals surface area (Å²) in [6, 6.07) is 10.2. The maximum atomic E-state index is 12.9. The second-order valence-corrected chi connectivity index (χ2v) is 6.02. The third-order valence-electron chi connectivity index (χ3n) is 2.91. The van der Waals surface area contributed by atoms with E-state index in [0.717, 1.165) is 5.56 Å². The van der Waals surface area contributed by atoms with Crippen LogP contribution in [0.25, 0.3) is 0 Å². The third-order valence-corrected chi connectivity index (χ3v) is 4.26. The highest BCUT2D eigenvalue weighted by atomic mass is 35.5. The van der Waals surface area contributed by atoms with Gasteiger partial charge in [0, 0.05) is 17.3 Å². The predicted molar refractivity (Wildman–Crippen MR) is 85.8 cm³/mol. The Bertz CT molecular complexity index is 649. The van der Waals surface area contributed by atoms with Crippen LogP contribution in [0.3, 0.4) is 0 Å². The summed E-state index contributed by atoms with van der Waals surface area (Å²) in [4.78, 5) is 11.7. The van der Waals surface area contributed by atoms with E-state index in [-0.39, 0.29) is 24.0 Å². The van der Waals surface area contributed by atoms with Gasteiger partial charge in [-0.2, -0.15) is 0 Å². The van der Waals surface area contributed by atoms with Crippen molar-refractivity contribution in [3.05, 3.63) is 70.2 Å². The molecule has 0 aliphatic rings. The number of amides is 1. The zero-order valence-corrected chi connectivity index (χ0v) is 13.2. The first kappa shape index (κ1) is 16.8. The van der Waals surface area contributed by atoms with Crippen molar-refractivity contribution in [3.8, 4) is 0 Å². The topological polar surface area (TPSA) is 29.1 Å². The molecule has 6 heteroatoms.